The van der Waals surface area contributed by atoms with Gasteiger partial charge in [-0.15, -0.1) is 0 Å². The van der Waals surface area contributed by atoms with Crippen LogP contribution in [0.3, 0.4) is 0 Å². The van der Waals surface area contributed by atoms with Gasteiger partial charge >= 0.3 is 0 Å². The van der Waals surface area contributed by atoms with Crippen molar-refractivity contribution in [3.05, 3.63) is 69.7 Å². The minimum atomic E-state index is -3.40. The molecule has 1 amide bonds. The molecular weight excluding hydrogens is 595 g/mol. The Labute approximate surface area is 259 Å². The lowest BCUT2D eigenvalue weighted by molar-refractivity contribution is -0.142. The van der Waals surface area contributed by atoms with Crippen LogP contribution in [-0.2, 0) is 32.5 Å². The minimum Gasteiger partial charge on any atom is -0.331 e. The smallest absolute Gasteiger partial charge is 0.240 e. The van der Waals surface area contributed by atoms with Crippen molar-refractivity contribution >= 4 is 44.9 Å². The summed E-state index contributed by atoms with van der Waals surface area (Å²) in [5.41, 5.74) is 8.51. The molecule has 3 N–H and O–H groups in total. The molecule has 2 aromatic carbocycles. The maximum Gasteiger partial charge on any atom is 0.240 e. The van der Waals surface area contributed by atoms with E-state index in [1.807, 2.05) is 24.3 Å². The summed E-state index contributed by atoms with van der Waals surface area (Å²) >= 11 is 12.2. The molecule has 2 heterocycles. The Bertz CT molecular complexity index is 1370. The Hall–Kier alpha value is -2.01. The van der Waals surface area contributed by atoms with E-state index in [2.05, 4.69) is 21.8 Å². The molecule has 3 aliphatic rings. The monoisotopic (exact) mass is 634 g/mol. The van der Waals surface area contributed by atoms with Gasteiger partial charge in [-0.1, -0.05) is 59.6 Å². The largest absolute Gasteiger partial charge is 0.331 e. The van der Waals surface area contributed by atoms with Crippen molar-refractivity contribution in [2.45, 2.75) is 87.2 Å². The van der Waals surface area contributed by atoms with Gasteiger partial charge in [0.1, 0.15) is 0 Å². The summed E-state index contributed by atoms with van der Waals surface area (Å²) in [4.78, 5) is 31.9. The molecule has 4 atom stereocenters. The summed E-state index contributed by atoms with van der Waals surface area (Å²) in [6.45, 7) is 1.21. The number of carbonyl (C=O) groups is 2. The molecule has 2 aliphatic heterocycles. The zero-order valence-electron chi connectivity index (χ0n) is 23.8. The number of aryl methyl sites for hydroxylation is 2. The number of hydrogen-bond acceptors (Lipinski definition) is 6. The molecule has 1 aliphatic carbocycles. The third-order valence-corrected chi connectivity index (χ3v) is 11.5. The summed E-state index contributed by atoms with van der Waals surface area (Å²) in [6.07, 6.45) is 5.27. The van der Waals surface area contributed by atoms with Crippen molar-refractivity contribution in [3.8, 4) is 0 Å². The van der Waals surface area contributed by atoms with Crippen molar-refractivity contribution in [3.63, 3.8) is 0 Å². The molecule has 11 heteroatoms. The number of benzene rings is 2. The van der Waals surface area contributed by atoms with Gasteiger partial charge in [0.05, 0.1) is 27.4 Å². The number of ketones is 1. The third-order valence-electron chi connectivity index (χ3n) is 8.80. The summed E-state index contributed by atoms with van der Waals surface area (Å²) in [6, 6.07) is 14.6. The van der Waals surface area contributed by atoms with E-state index >= 15 is 0 Å². The standard InChI is InChI=1S/C31H40Cl2N4O4S/c32-26-12-7-22(18-27(26)33)8-13-30(38)28(14-16-35-42(40,41)25-10-11-25)36-17-15-24(9-6-21-4-2-1-3-5-21)37-20-23(34)19-29(37)31(36)39/h1-5,7,12,18,23-25,28-29,35H,6,8-11,13-17,19-20,34H2/t23-,24?,28-,29+/m1/s1. The molecule has 228 valence electrons. The first kappa shape index (κ1) is 31.4. The van der Waals surface area contributed by atoms with Crippen LogP contribution in [0.1, 0.15) is 56.1 Å². The number of nitrogens with one attached hydrogen (secondary N) is 1. The van der Waals surface area contributed by atoms with Crippen molar-refractivity contribution in [1.29, 1.82) is 0 Å². The topological polar surface area (TPSA) is 113 Å². The number of Topliss-reactive ketones (excluding diaryl/α,β-unsaturated/α-hetero) is 1. The van der Waals surface area contributed by atoms with E-state index in [4.69, 9.17) is 28.9 Å². The lowest BCUT2D eigenvalue weighted by atomic mass is 9.98. The van der Waals surface area contributed by atoms with Crippen LogP contribution >= 0.6 is 23.2 Å². The van der Waals surface area contributed by atoms with E-state index in [1.54, 1.807) is 17.0 Å². The van der Waals surface area contributed by atoms with Gasteiger partial charge in [0, 0.05) is 38.1 Å². The molecular formula is C31H40Cl2N4O4S. The predicted octanol–water partition coefficient (Wildman–Crippen LogP) is 3.97. The number of sulfonamides is 1. The first-order valence-corrected chi connectivity index (χ1v) is 17.2. The second-order valence-electron chi connectivity index (χ2n) is 11.9. The van der Waals surface area contributed by atoms with Gasteiger partial charge < -0.3 is 10.6 Å². The normalized spacial score (nSPS) is 23.9. The number of carbonyl (C=O) groups excluding carboxylic acids is 2. The maximum absolute atomic E-state index is 14.1. The van der Waals surface area contributed by atoms with E-state index in [9.17, 15) is 18.0 Å². The quantitative estimate of drug-likeness (QED) is 0.345. The van der Waals surface area contributed by atoms with Gasteiger partial charge in [0.15, 0.2) is 5.78 Å². The maximum atomic E-state index is 14.1. The minimum absolute atomic E-state index is 0.0805. The lowest BCUT2D eigenvalue weighted by Gasteiger charge is -2.32. The third kappa shape index (κ3) is 7.73. The average molecular weight is 636 g/mol. The fourth-order valence-electron chi connectivity index (χ4n) is 6.35. The molecule has 0 radical (unpaired) electrons. The number of amides is 1. The Morgan fingerprint density at radius 1 is 1.02 bits per heavy atom. The summed E-state index contributed by atoms with van der Waals surface area (Å²) < 4.78 is 27.7. The SMILES string of the molecule is N[C@@H]1C[C@H]2C(=O)N([C@H](CCNS(=O)(=O)C3CC3)C(=O)CCc3ccc(Cl)c(Cl)c3)CCC(CCc3ccccc3)N2C1. The first-order valence-electron chi connectivity index (χ1n) is 14.9. The van der Waals surface area contributed by atoms with Gasteiger partial charge in [-0.05, 0) is 74.6 Å². The zero-order chi connectivity index (χ0) is 29.9. The highest BCUT2D eigenvalue weighted by atomic mass is 35.5. The Morgan fingerprint density at radius 3 is 2.50 bits per heavy atom. The fraction of sp³-hybridized carbons (Fsp3) is 0.548. The van der Waals surface area contributed by atoms with Crippen LogP contribution in [0, 0.1) is 0 Å². The first-order chi connectivity index (χ1) is 20.1. The molecule has 5 rings (SSSR count). The van der Waals surface area contributed by atoms with Gasteiger partial charge in [-0.2, -0.15) is 0 Å². The van der Waals surface area contributed by atoms with E-state index in [0.717, 1.165) is 24.8 Å². The highest BCUT2D eigenvalue weighted by Gasteiger charge is 2.45. The summed E-state index contributed by atoms with van der Waals surface area (Å²) in [5.74, 6) is -0.167. The van der Waals surface area contributed by atoms with Crippen LogP contribution in [0.25, 0.3) is 0 Å². The van der Waals surface area contributed by atoms with E-state index in [-0.39, 0.29) is 54.5 Å². The van der Waals surface area contributed by atoms with E-state index in [0.29, 0.717) is 48.8 Å². The second-order valence-corrected chi connectivity index (χ2v) is 14.7. The number of fused-ring (bicyclic) bond motifs is 1. The van der Waals surface area contributed by atoms with Gasteiger partial charge in [0.2, 0.25) is 15.9 Å². The van der Waals surface area contributed by atoms with E-state index < -0.39 is 16.1 Å². The van der Waals surface area contributed by atoms with Crippen molar-refractivity contribution < 1.29 is 18.0 Å². The van der Waals surface area contributed by atoms with Gasteiger partial charge in [-0.3, -0.25) is 14.5 Å². The van der Waals surface area contributed by atoms with Crippen molar-refractivity contribution in [1.82, 2.24) is 14.5 Å². The Morgan fingerprint density at radius 2 is 1.79 bits per heavy atom. The molecule has 1 unspecified atom stereocenters. The molecule has 8 nitrogen and oxygen atoms in total. The molecule has 0 aromatic heterocycles. The summed E-state index contributed by atoms with van der Waals surface area (Å²) in [7, 11) is -3.40. The van der Waals surface area contributed by atoms with Gasteiger partial charge in [0.25, 0.3) is 0 Å². The molecule has 0 spiro atoms. The zero-order valence-corrected chi connectivity index (χ0v) is 26.1. The van der Waals surface area contributed by atoms with Crippen LogP contribution in [0.2, 0.25) is 10.0 Å². The van der Waals surface area contributed by atoms with Crippen LogP contribution in [0.15, 0.2) is 48.5 Å². The highest BCUT2D eigenvalue weighted by molar-refractivity contribution is 7.90. The Balaban J connectivity index is 1.33. The molecule has 2 saturated heterocycles. The molecule has 2 aromatic rings. The second kappa shape index (κ2) is 13.7. The number of hydrogen-bond donors (Lipinski definition) is 2. The van der Waals surface area contributed by atoms with Crippen LogP contribution < -0.4 is 10.5 Å². The summed E-state index contributed by atoms with van der Waals surface area (Å²) in [5, 5.41) is 0.526. The van der Waals surface area contributed by atoms with Crippen molar-refractivity contribution in [2.75, 3.05) is 19.6 Å². The molecule has 42 heavy (non-hydrogen) atoms. The predicted molar refractivity (Wildman–Crippen MR) is 166 cm³/mol. The molecule has 0 bridgehead atoms. The molecule has 1 saturated carbocycles. The highest BCUT2D eigenvalue weighted by Crippen LogP contribution is 2.31. The van der Waals surface area contributed by atoms with Crippen LogP contribution in [0.5, 0.6) is 0 Å². The number of halogens is 2. The van der Waals surface area contributed by atoms with Crippen LogP contribution in [0.4, 0.5) is 0 Å². The lowest BCUT2D eigenvalue weighted by Crippen LogP contribution is -2.51. The van der Waals surface area contributed by atoms with E-state index in [1.165, 1.54) is 5.56 Å². The number of nitrogens with zero attached hydrogens (tertiary/aromatic N) is 2. The van der Waals surface area contributed by atoms with Crippen molar-refractivity contribution in [2.24, 2.45) is 5.73 Å². The van der Waals surface area contributed by atoms with Crippen LogP contribution in [-0.4, -0.2) is 79.0 Å². The fourth-order valence-corrected chi connectivity index (χ4v) is 8.06. The van der Waals surface area contributed by atoms with Gasteiger partial charge in [-0.25, -0.2) is 13.1 Å². The number of nitrogens with two attached hydrogens (primary N) is 1. The Kier molecular flexibility index (Phi) is 10.3. The average Bonchev–Trinajstić information content (AvgIpc) is 3.78. The number of rotatable bonds is 13. The molecule has 3 fully saturated rings.